The van der Waals surface area contributed by atoms with E-state index >= 15 is 0 Å². The summed E-state index contributed by atoms with van der Waals surface area (Å²) in [6.45, 7) is 9.33. The Balaban J connectivity index is 0.00000161. The summed E-state index contributed by atoms with van der Waals surface area (Å²) < 4.78 is 11.2. The number of hydrogen-bond donors (Lipinski definition) is 1. The number of nitrogens with zero attached hydrogens (tertiary/aromatic N) is 1. The van der Waals surface area contributed by atoms with Gasteiger partial charge in [-0.15, -0.1) is 12.4 Å². The Morgan fingerprint density at radius 3 is 2.19 bits per heavy atom. The minimum Gasteiger partial charge on any atom is -0.494 e. The molecule has 3 rings (SSSR count). The highest BCUT2D eigenvalue weighted by atomic mass is 35.5. The van der Waals surface area contributed by atoms with E-state index in [1.807, 2.05) is 31.2 Å². The van der Waals surface area contributed by atoms with E-state index in [-0.39, 0.29) is 12.4 Å². The van der Waals surface area contributed by atoms with Crippen LogP contribution in [0.1, 0.15) is 6.92 Å². The van der Waals surface area contributed by atoms with Gasteiger partial charge in [0, 0.05) is 19.6 Å². The normalized spacial score (nSPS) is 24.4. The van der Waals surface area contributed by atoms with Crippen LogP contribution in [0.4, 0.5) is 0 Å². The predicted molar refractivity (Wildman–Crippen MR) is 86.6 cm³/mol. The minimum absolute atomic E-state index is 0. The lowest BCUT2D eigenvalue weighted by atomic mass is 10.0. The minimum atomic E-state index is 0. The molecule has 1 N–H and O–H groups in total. The fourth-order valence-corrected chi connectivity index (χ4v) is 3.23. The molecule has 0 aliphatic carbocycles. The second kappa shape index (κ2) is 7.87. The zero-order valence-corrected chi connectivity index (χ0v) is 13.4. The molecule has 1 aromatic rings. The Kier molecular flexibility index (Phi) is 6.15. The number of likely N-dealkylation sites (tertiary alicyclic amines) is 1. The first-order valence-corrected chi connectivity index (χ1v) is 7.64. The first-order valence-electron chi connectivity index (χ1n) is 7.64. The quantitative estimate of drug-likeness (QED) is 0.871. The molecule has 2 fully saturated rings. The van der Waals surface area contributed by atoms with E-state index in [4.69, 9.17) is 9.47 Å². The third-order valence-corrected chi connectivity index (χ3v) is 4.28. The van der Waals surface area contributed by atoms with E-state index in [2.05, 4.69) is 10.2 Å². The molecule has 2 aliphatic heterocycles. The van der Waals surface area contributed by atoms with Crippen LogP contribution >= 0.6 is 12.4 Å². The van der Waals surface area contributed by atoms with E-state index in [9.17, 15) is 0 Å². The number of benzene rings is 1. The second-order valence-electron chi connectivity index (χ2n) is 5.69. The van der Waals surface area contributed by atoms with Gasteiger partial charge in [0.2, 0.25) is 0 Å². The van der Waals surface area contributed by atoms with Crippen molar-refractivity contribution in [3.05, 3.63) is 24.3 Å². The molecule has 2 atom stereocenters. The highest BCUT2D eigenvalue weighted by Gasteiger charge is 2.35. The SMILES string of the molecule is CCOc1ccc(OCCN2C[C@H]3CNC[C@H]3C2)cc1.Cl. The Labute approximate surface area is 133 Å². The molecule has 0 saturated carbocycles. The lowest BCUT2D eigenvalue weighted by molar-refractivity contribution is 0.228. The van der Waals surface area contributed by atoms with E-state index in [0.29, 0.717) is 6.61 Å². The summed E-state index contributed by atoms with van der Waals surface area (Å²) in [5.41, 5.74) is 0. The van der Waals surface area contributed by atoms with Crippen LogP contribution in [-0.2, 0) is 0 Å². The van der Waals surface area contributed by atoms with Crippen molar-refractivity contribution in [1.29, 1.82) is 0 Å². The number of hydrogen-bond acceptors (Lipinski definition) is 4. The van der Waals surface area contributed by atoms with Crippen LogP contribution in [0.25, 0.3) is 0 Å². The van der Waals surface area contributed by atoms with Crippen LogP contribution in [0.3, 0.4) is 0 Å². The Morgan fingerprint density at radius 1 is 1.05 bits per heavy atom. The molecule has 2 heterocycles. The third kappa shape index (κ3) is 4.25. The predicted octanol–water partition coefficient (Wildman–Crippen LogP) is 2.04. The fourth-order valence-electron chi connectivity index (χ4n) is 3.23. The maximum atomic E-state index is 5.81. The average Bonchev–Trinajstić information content (AvgIpc) is 3.02. The monoisotopic (exact) mass is 312 g/mol. The molecule has 2 saturated heterocycles. The molecule has 5 heteroatoms. The van der Waals surface area contributed by atoms with Crippen LogP contribution in [0, 0.1) is 11.8 Å². The summed E-state index contributed by atoms with van der Waals surface area (Å²) in [5.74, 6) is 3.55. The first kappa shape index (κ1) is 16.4. The Bertz CT molecular complexity index is 415. The summed E-state index contributed by atoms with van der Waals surface area (Å²) in [4.78, 5) is 2.53. The van der Waals surface area contributed by atoms with Crippen molar-refractivity contribution in [1.82, 2.24) is 10.2 Å². The molecule has 1 aromatic carbocycles. The standard InChI is InChI=1S/C16H24N2O2.ClH/c1-2-19-15-3-5-16(6-4-15)20-8-7-18-11-13-9-17-10-14(13)12-18;/h3-6,13-14,17H,2,7-12H2,1H3;1H/t13-,14+;. The molecule has 21 heavy (non-hydrogen) atoms. The summed E-state index contributed by atoms with van der Waals surface area (Å²) in [6.07, 6.45) is 0. The molecule has 0 unspecified atom stereocenters. The molecule has 4 nitrogen and oxygen atoms in total. The molecule has 118 valence electrons. The number of ether oxygens (including phenoxy) is 2. The molecular weight excluding hydrogens is 288 g/mol. The van der Waals surface area contributed by atoms with Gasteiger partial charge >= 0.3 is 0 Å². The van der Waals surface area contributed by atoms with E-state index in [1.54, 1.807) is 0 Å². The van der Waals surface area contributed by atoms with Crippen molar-refractivity contribution in [3.8, 4) is 11.5 Å². The summed E-state index contributed by atoms with van der Waals surface area (Å²) in [7, 11) is 0. The van der Waals surface area contributed by atoms with Crippen molar-refractivity contribution >= 4 is 12.4 Å². The third-order valence-electron chi connectivity index (χ3n) is 4.28. The van der Waals surface area contributed by atoms with Gasteiger partial charge in [0.05, 0.1) is 6.61 Å². The molecular formula is C16H25ClN2O2. The van der Waals surface area contributed by atoms with Crippen molar-refractivity contribution < 1.29 is 9.47 Å². The average molecular weight is 313 g/mol. The highest BCUT2D eigenvalue weighted by Crippen LogP contribution is 2.26. The Hall–Kier alpha value is -0.970. The zero-order chi connectivity index (χ0) is 13.8. The lowest BCUT2D eigenvalue weighted by Crippen LogP contribution is -2.29. The summed E-state index contributed by atoms with van der Waals surface area (Å²) in [5, 5.41) is 3.47. The smallest absolute Gasteiger partial charge is 0.119 e. The Morgan fingerprint density at radius 2 is 1.62 bits per heavy atom. The maximum Gasteiger partial charge on any atom is 0.119 e. The van der Waals surface area contributed by atoms with E-state index < -0.39 is 0 Å². The molecule has 0 spiro atoms. The van der Waals surface area contributed by atoms with Crippen LogP contribution in [0.2, 0.25) is 0 Å². The molecule has 2 aliphatic rings. The fraction of sp³-hybridized carbons (Fsp3) is 0.625. The van der Waals surface area contributed by atoms with Crippen molar-refractivity contribution in [2.75, 3.05) is 45.9 Å². The van der Waals surface area contributed by atoms with Gasteiger partial charge in [-0.25, -0.2) is 0 Å². The number of nitrogens with one attached hydrogen (secondary N) is 1. The molecule has 0 aromatic heterocycles. The lowest BCUT2D eigenvalue weighted by Gasteiger charge is -2.17. The summed E-state index contributed by atoms with van der Waals surface area (Å²) in [6, 6.07) is 7.89. The van der Waals surface area contributed by atoms with Crippen LogP contribution in [0.15, 0.2) is 24.3 Å². The second-order valence-corrected chi connectivity index (χ2v) is 5.69. The number of fused-ring (bicyclic) bond motifs is 1. The van der Waals surface area contributed by atoms with Crippen LogP contribution < -0.4 is 14.8 Å². The topological polar surface area (TPSA) is 33.7 Å². The van der Waals surface area contributed by atoms with Gasteiger partial charge in [-0.2, -0.15) is 0 Å². The molecule has 0 radical (unpaired) electrons. The van der Waals surface area contributed by atoms with E-state index in [0.717, 1.165) is 36.5 Å². The number of halogens is 1. The first-order chi connectivity index (χ1) is 9.85. The van der Waals surface area contributed by atoms with Gasteiger partial charge in [0.25, 0.3) is 0 Å². The largest absolute Gasteiger partial charge is 0.494 e. The van der Waals surface area contributed by atoms with Gasteiger partial charge in [-0.3, -0.25) is 4.90 Å². The van der Waals surface area contributed by atoms with E-state index in [1.165, 1.54) is 26.2 Å². The van der Waals surface area contributed by atoms with Gasteiger partial charge in [0.15, 0.2) is 0 Å². The van der Waals surface area contributed by atoms with Gasteiger partial charge in [-0.05, 0) is 56.1 Å². The summed E-state index contributed by atoms with van der Waals surface area (Å²) >= 11 is 0. The van der Waals surface area contributed by atoms with Gasteiger partial charge in [0.1, 0.15) is 18.1 Å². The van der Waals surface area contributed by atoms with Gasteiger partial charge < -0.3 is 14.8 Å². The van der Waals surface area contributed by atoms with Crippen molar-refractivity contribution in [2.45, 2.75) is 6.92 Å². The van der Waals surface area contributed by atoms with Crippen LogP contribution in [0.5, 0.6) is 11.5 Å². The van der Waals surface area contributed by atoms with Crippen LogP contribution in [-0.4, -0.2) is 50.8 Å². The number of rotatable bonds is 6. The molecule has 0 bridgehead atoms. The zero-order valence-electron chi connectivity index (χ0n) is 12.6. The van der Waals surface area contributed by atoms with Gasteiger partial charge in [-0.1, -0.05) is 0 Å². The maximum absolute atomic E-state index is 5.81. The van der Waals surface area contributed by atoms with Crippen molar-refractivity contribution in [3.63, 3.8) is 0 Å². The van der Waals surface area contributed by atoms with Crippen molar-refractivity contribution in [2.24, 2.45) is 11.8 Å². The molecule has 0 amide bonds. The highest BCUT2D eigenvalue weighted by molar-refractivity contribution is 5.85.